The normalized spacial score (nSPS) is 20.1. The average molecular weight is 365 g/mol. The van der Waals surface area contributed by atoms with Crippen molar-refractivity contribution >= 4 is 29.9 Å². The van der Waals surface area contributed by atoms with E-state index in [1.54, 1.807) is 0 Å². The number of nitrogens with zero attached hydrogens (tertiary/aromatic N) is 1. The number of hydrogen-bond acceptors (Lipinski definition) is 1. The van der Waals surface area contributed by atoms with Gasteiger partial charge in [-0.3, -0.25) is 0 Å². The first kappa shape index (κ1) is 17.7. The molecular weight excluding hydrogens is 337 g/mol. The smallest absolute Gasteiger partial charge is 0.188 e. The Morgan fingerprint density at radius 3 is 2.44 bits per heavy atom. The lowest BCUT2D eigenvalue weighted by atomic mass is 9.73. The largest absolute Gasteiger partial charge is 0.370 e. The first-order valence-corrected chi connectivity index (χ1v) is 6.57. The van der Waals surface area contributed by atoms with Crippen molar-refractivity contribution < 1.29 is 0 Å². The van der Waals surface area contributed by atoms with Gasteiger partial charge in [0.2, 0.25) is 0 Å². The molecule has 1 fully saturated rings. The second-order valence-corrected chi connectivity index (χ2v) is 6.15. The molecule has 0 unspecified atom stereocenters. The highest BCUT2D eigenvalue weighted by molar-refractivity contribution is 14.0. The van der Waals surface area contributed by atoms with Gasteiger partial charge in [-0.2, -0.15) is 0 Å². The van der Waals surface area contributed by atoms with Gasteiger partial charge in [-0.15, -0.1) is 24.0 Å². The SMILES string of the molecule is C=C(C)CN=C(N)NCC1CCC(C)(C)CC1.I. The van der Waals surface area contributed by atoms with Crippen LogP contribution in [0.1, 0.15) is 46.5 Å². The Kier molecular flexibility index (Phi) is 7.90. The monoisotopic (exact) mass is 365 g/mol. The molecule has 0 aromatic carbocycles. The Bertz CT molecular complexity index is 287. The van der Waals surface area contributed by atoms with E-state index in [0.29, 0.717) is 17.9 Å². The summed E-state index contributed by atoms with van der Waals surface area (Å²) in [5.41, 5.74) is 7.36. The standard InChI is InChI=1S/C14H27N3.HI/c1-11(2)9-16-13(15)17-10-12-5-7-14(3,4)8-6-12;/h12H,1,5-10H2,2-4H3,(H3,15,16,17);1H. The minimum atomic E-state index is 0. The molecule has 0 amide bonds. The van der Waals surface area contributed by atoms with Crippen LogP contribution in [0.25, 0.3) is 0 Å². The number of aliphatic imine (C=N–C) groups is 1. The van der Waals surface area contributed by atoms with Crippen LogP contribution < -0.4 is 11.1 Å². The Hall–Kier alpha value is -0.260. The van der Waals surface area contributed by atoms with Crippen LogP contribution in [0.3, 0.4) is 0 Å². The topological polar surface area (TPSA) is 50.4 Å². The number of rotatable bonds is 4. The van der Waals surface area contributed by atoms with Crippen molar-refractivity contribution in [2.75, 3.05) is 13.1 Å². The fourth-order valence-corrected chi connectivity index (χ4v) is 2.19. The molecule has 0 aromatic rings. The number of nitrogens with one attached hydrogen (secondary N) is 1. The molecule has 1 rings (SSSR count). The fourth-order valence-electron chi connectivity index (χ4n) is 2.19. The maximum atomic E-state index is 5.79. The summed E-state index contributed by atoms with van der Waals surface area (Å²) in [6, 6.07) is 0. The molecule has 0 radical (unpaired) electrons. The van der Waals surface area contributed by atoms with Gasteiger partial charge in [0.05, 0.1) is 6.54 Å². The minimum Gasteiger partial charge on any atom is -0.370 e. The highest BCUT2D eigenvalue weighted by atomic mass is 127. The summed E-state index contributed by atoms with van der Waals surface area (Å²) in [4.78, 5) is 4.22. The van der Waals surface area contributed by atoms with Crippen molar-refractivity contribution in [3.05, 3.63) is 12.2 Å². The number of halogens is 1. The van der Waals surface area contributed by atoms with E-state index in [9.17, 15) is 0 Å². The van der Waals surface area contributed by atoms with Crippen molar-refractivity contribution in [2.45, 2.75) is 46.5 Å². The molecule has 0 heterocycles. The van der Waals surface area contributed by atoms with E-state index >= 15 is 0 Å². The zero-order valence-corrected chi connectivity index (χ0v) is 14.3. The van der Waals surface area contributed by atoms with Gasteiger partial charge in [-0.1, -0.05) is 26.0 Å². The molecule has 4 heteroatoms. The van der Waals surface area contributed by atoms with Crippen LogP contribution in [-0.4, -0.2) is 19.0 Å². The first-order chi connectivity index (χ1) is 7.89. The molecule has 1 aliphatic carbocycles. The highest BCUT2D eigenvalue weighted by Gasteiger charge is 2.26. The Morgan fingerprint density at radius 2 is 1.94 bits per heavy atom. The molecular formula is C14H28IN3. The molecule has 0 spiro atoms. The van der Waals surface area contributed by atoms with Crippen LogP contribution in [-0.2, 0) is 0 Å². The summed E-state index contributed by atoms with van der Waals surface area (Å²) in [6.07, 6.45) is 5.24. The molecule has 0 aromatic heterocycles. The second kappa shape index (κ2) is 8.02. The number of nitrogens with two attached hydrogens (primary N) is 1. The average Bonchev–Trinajstić information content (AvgIpc) is 2.25. The lowest BCUT2D eigenvalue weighted by molar-refractivity contribution is 0.192. The molecule has 0 atom stereocenters. The van der Waals surface area contributed by atoms with E-state index < -0.39 is 0 Å². The maximum absolute atomic E-state index is 5.79. The predicted molar refractivity (Wildman–Crippen MR) is 90.5 cm³/mol. The summed E-state index contributed by atoms with van der Waals surface area (Å²) in [5.74, 6) is 1.31. The molecule has 0 bridgehead atoms. The maximum Gasteiger partial charge on any atom is 0.188 e. The van der Waals surface area contributed by atoms with Crippen molar-refractivity contribution in [3.63, 3.8) is 0 Å². The van der Waals surface area contributed by atoms with Crippen molar-refractivity contribution in [1.29, 1.82) is 0 Å². The van der Waals surface area contributed by atoms with E-state index in [0.717, 1.165) is 18.0 Å². The van der Waals surface area contributed by atoms with Crippen LogP contribution >= 0.6 is 24.0 Å². The van der Waals surface area contributed by atoms with Crippen LogP contribution in [0.4, 0.5) is 0 Å². The van der Waals surface area contributed by atoms with Crippen LogP contribution in [0.2, 0.25) is 0 Å². The van der Waals surface area contributed by atoms with Crippen molar-refractivity contribution in [3.8, 4) is 0 Å². The van der Waals surface area contributed by atoms with Gasteiger partial charge < -0.3 is 11.1 Å². The quantitative estimate of drug-likeness (QED) is 0.348. The molecule has 106 valence electrons. The molecule has 0 aliphatic heterocycles. The highest BCUT2D eigenvalue weighted by Crippen LogP contribution is 2.37. The van der Waals surface area contributed by atoms with Gasteiger partial charge in [0, 0.05) is 6.54 Å². The summed E-state index contributed by atoms with van der Waals surface area (Å²) >= 11 is 0. The Morgan fingerprint density at radius 1 is 1.39 bits per heavy atom. The fraction of sp³-hybridized carbons (Fsp3) is 0.786. The van der Waals surface area contributed by atoms with E-state index in [-0.39, 0.29) is 24.0 Å². The van der Waals surface area contributed by atoms with Gasteiger partial charge >= 0.3 is 0 Å². The lowest BCUT2D eigenvalue weighted by Gasteiger charge is -2.34. The van der Waals surface area contributed by atoms with E-state index in [2.05, 4.69) is 30.7 Å². The van der Waals surface area contributed by atoms with Gasteiger partial charge in [-0.05, 0) is 43.9 Å². The zero-order chi connectivity index (χ0) is 12.9. The third-order valence-corrected chi connectivity index (χ3v) is 3.55. The number of guanidine groups is 1. The molecule has 18 heavy (non-hydrogen) atoms. The summed E-state index contributed by atoms with van der Waals surface area (Å²) in [5, 5.41) is 3.22. The van der Waals surface area contributed by atoms with Crippen LogP contribution in [0.15, 0.2) is 17.1 Å². The van der Waals surface area contributed by atoms with E-state index in [1.807, 2.05) is 6.92 Å². The Labute approximate surface area is 129 Å². The first-order valence-electron chi connectivity index (χ1n) is 6.57. The van der Waals surface area contributed by atoms with Gasteiger partial charge in [0.15, 0.2) is 5.96 Å². The van der Waals surface area contributed by atoms with E-state index in [4.69, 9.17) is 5.73 Å². The zero-order valence-electron chi connectivity index (χ0n) is 12.0. The molecule has 1 aliphatic rings. The predicted octanol–water partition coefficient (Wildman–Crippen LogP) is 3.30. The van der Waals surface area contributed by atoms with Gasteiger partial charge in [0.25, 0.3) is 0 Å². The Balaban J connectivity index is 0.00000289. The van der Waals surface area contributed by atoms with Gasteiger partial charge in [-0.25, -0.2) is 4.99 Å². The third kappa shape index (κ3) is 7.24. The van der Waals surface area contributed by atoms with Crippen LogP contribution in [0.5, 0.6) is 0 Å². The molecule has 3 nitrogen and oxygen atoms in total. The van der Waals surface area contributed by atoms with Crippen LogP contribution in [0, 0.1) is 11.3 Å². The summed E-state index contributed by atoms with van der Waals surface area (Å²) < 4.78 is 0. The van der Waals surface area contributed by atoms with Crippen molar-refractivity contribution in [1.82, 2.24) is 5.32 Å². The second-order valence-electron chi connectivity index (χ2n) is 6.15. The van der Waals surface area contributed by atoms with E-state index in [1.165, 1.54) is 25.7 Å². The summed E-state index contributed by atoms with van der Waals surface area (Å²) in [7, 11) is 0. The molecule has 3 N–H and O–H groups in total. The lowest BCUT2D eigenvalue weighted by Crippen LogP contribution is -2.37. The molecule has 1 saturated carbocycles. The third-order valence-electron chi connectivity index (χ3n) is 3.55. The molecule has 0 saturated heterocycles. The minimum absolute atomic E-state index is 0. The number of hydrogen-bond donors (Lipinski definition) is 2. The van der Waals surface area contributed by atoms with Gasteiger partial charge in [0.1, 0.15) is 0 Å². The summed E-state index contributed by atoms with van der Waals surface area (Å²) in [6.45, 7) is 12.1. The van der Waals surface area contributed by atoms with Crippen molar-refractivity contribution in [2.24, 2.45) is 22.1 Å².